The fourth-order valence-electron chi connectivity index (χ4n) is 1.97. The molecule has 0 fully saturated rings. The zero-order valence-corrected chi connectivity index (χ0v) is 12.4. The zero-order chi connectivity index (χ0) is 13.7. The fraction of sp³-hybridized carbons (Fsp3) is 0.333. The van der Waals surface area contributed by atoms with E-state index in [9.17, 15) is 5.11 Å². The Kier molecular flexibility index (Phi) is 5.25. The van der Waals surface area contributed by atoms with Gasteiger partial charge in [0.05, 0.1) is 18.2 Å². The van der Waals surface area contributed by atoms with E-state index in [1.807, 2.05) is 6.07 Å². The number of aryl methyl sites for hydroxylation is 1. The summed E-state index contributed by atoms with van der Waals surface area (Å²) in [4.78, 5) is 1.36. The van der Waals surface area contributed by atoms with Gasteiger partial charge in [-0.15, -0.1) is 11.3 Å². The van der Waals surface area contributed by atoms with Crippen LogP contribution in [0.3, 0.4) is 0 Å². The molecule has 0 saturated carbocycles. The Morgan fingerprint density at radius 3 is 2.89 bits per heavy atom. The van der Waals surface area contributed by atoms with E-state index in [4.69, 9.17) is 16.3 Å². The Labute approximate surface area is 122 Å². The number of rotatable bonds is 6. The minimum absolute atomic E-state index is 0.467. The molecule has 2 aromatic rings. The van der Waals surface area contributed by atoms with Crippen molar-refractivity contribution in [1.82, 2.24) is 0 Å². The number of hydrogen-bond donors (Lipinski definition) is 1. The highest BCUT2D eigenvalue weighted by atomic mass is 35.5. The van der Waals surface area contributed by atoms with Gasteiger partial charge in [-0.05, 0) is 48.4 Å². The van der Waals surface area contributed by atoms with Crippen LogP contribution in [0, 0.1) is 0 Å². The summed E-state index contributed by atoms with van der Waals surface area (Å²) < 4.78 is 5.16. The van der Waals surface area contributed by atoms with Gasteiger partial charge < -0.3 is 9.84 Å². The summed E-state index contributed by atoms with van der Waals surface area (Å²) in [6, 6.07) is 9.60. The van der Waals surface area contributed by atoms with Crippen molar-refractivity contribution in [3.8, 4) is 5.75 Å². The standard InChI is InChI=1S/C15H17ClO2S/c1-18-15-10-11(7-8-13(15)16)14(17)6-2-4-12-5-3-9-19-12/h3,5,7-10,14,17H,2,4,6H2,1H3. The van der Waals surface area contributed by atoms with Gasteiger partial charge in [-0.1, -0.05) is 23.7 Å². The van der Waals surface area contributed by atoms with E-state index in [0.29, 0.717) is 10.8 Å². The molecular weight excluding hydrogens is 280 g/mol. The first-order valence-corrected chi connectivity index (χ1v) is 7.50. The summed E-state index contributed by atoms with van der Waals surface area (Å²) in [5.41, 5.74) is 0.854. The second kappa shape index (κ2) is 6.94. The van der Waals surface area contributed by atoms with Crippen molar-refractivity contribution in [2.24, 2.45) is 0 Å². The van der Waals surface area contributed by atoms with Crippen molar-refractivity contribution in [2.75, 3.05) is 7.11 Å². The van der Waals surface area contributed by atoms with Crippen molar-refractivity contribution in [3.05, 3.63) is 51.2 Å². The van der Waals surface area contributed by atoms with Crippen molar-refractivity contribution >= 4 is 22.9 Å². The largest absolute Gasteiger partial charge is 0.495 e. The highest BCUT2D eigenvalue weighted by Crippen LogP contribution is 2.29. The van der Waals surface area contributed by atoms with Crippen LogP contribution in [-0.4, -0.2) is 12.2 Å². The number of hydrogen-bond acceptors (Lipinski definition) is 3. The number of methoxy groups -OCH3 is 1. The predicted molar refractivity (Wildman–Crippen MR) is 80.2 cm³/mol. The Hall–Kier alpha value is -1.03. The topological polar surface area (TPSA) is 29.5 Å². The van der Waals surface area contributed by atoms with E-state index in [-0.39, 0.29) is 0 Å². The van der Waals surface area contributed by atoms with Crippen LogP contribution in [0.25, 0.3) is 0 Å². The molecule has 0 aliphatic carbocycles. The molecular formula is C15H17ClO2S. The fourth-order valence-corrected chi connectivity index (χ4v) is 2.92. The summed E-state index contributed by atoms with van der Waals surface area (Å²) in [5.74, 6) is 0.608. The molecule has 19 heavy (non-hydrogen) atoms. The predicted octanol–water partition coefficient (Wildman–Crippen LogP) is 4.47. The van der Waals surface area contributed by atoms with Gasteiger partial charge in [-0.3, -0.25) is 0 Å². The van der Waals surface area contributed by atoms with Crippen molar-refractivity contribution in [3.63, 3.8) is 0 Å². The van der Waals surface area contributed by atoms with Gasteiger partial charge in [0, 0.05) is 4.88 Å². The Morgan fingerprint density at radius 1 is 1.37 bits per heavy atom. The van der Waals surface area contributed by atoms with Gasteiger partial charge >= 0.3 is 0 Å². The maximum Gasteiger partial charge on any atom is 0.137 e. The lowest BCUT2D eigenvalue weighted by atomic mass is 10.0. The van der Waals surface area contributed by atoms with Crippen LogP contribution < -0.4 is 4.74 Å². The molecule has 1 unspecified atom stereocenters. The molecule has 1 aromatic carbocycles. The van der Waals surface area contributed by atoms with Gasteiger partial charge in [-0.2, -0.15) is 0 Å². The first-order chi connectivity index (χ1) is 9.20. The van der Waals surface area contributed by atoms with E-state index in [1.54, 1.807) is 30.6 Å². The monoisotopic (exact) mass is 296 g/mol. The number of halogens is 1. The first kappa shape index (κ1) is 14.4. The maximum atomic E-state index is 10.2. The molecule has 102 valence electrons. The number of aliphatic hydroxyl groups excluding tert-OH is 1. The van der Waals surface area contributed by atoms with Crippen LogP contribution in [0.1, 0.15) is 29.4 Å². The Balaban J connectivity index is 1.90. The van der Waals surface area contributed by atoms with Crippen molar-refractivity contribution < 1.29 is 9.84 Å². The minimum atomic E-state index is -0.467. The summed E-state index contributed by atoms with van der Waals surface area (Å²) in [7, 11) is 1.58. The lowest BCUT2D eigenvalue weighted by Crippen LogP contribution is -1.99. The van der Waals surface area contributed by atoms with E-state index in [0.717, 1.165) is 24.8 Å². The van der Waals surface area contributed by atoms with Crippen LogP contribution in [0.4, 0.5) is 0 Å². The lowest BCUT2D eigenvalue weighted by Gasteiger charge is -2.12. The second-order valence-electron chi connectivity index (χ2n) is 4.38. The van der Waals surface area contributed by atoms with Crippen LogP contribution in [0.2, 0.25) is 5.02 Å². The molecule has 4 heteroatoms. The summed E-state index contributed by atoms with van der Waals surface area (Å²) in [6.07, 6.45) is 2.25. The second-order valence-corrected chi connectivity index (χ2v) is 5.82. The van der Waals surface area contributed by atoms with Gasteiger partial charge in [-0.25, -0.2) is 0 Å². The molecule has 1 aromatic heterocycles. The molecule has 0 bridgehead atoms. The summed E-state index contributed by atoms with van der Waals surface area (Å²) >= 11 is 7.73. The van der Waals surface area contributed by atoms with E-state index in [2.05, 4.69) is 17.5 Å². The molecule has 0 saturated heterocycles. The average Bonchev–Trinajstić information content (AvgIpc) is 2.92. The van der Waals surface area contributed by atoms with Gasteiger partial charge in [0.25, 0.3) is 0 Å². The molecule has 0 amide bonds. The Bertz CT molecular complexity index is 511. The van der Waals surface area contributed by atoms with E-state index in [1.165, 1.54) is 4.88 Å². The third-order valence-corrected chi connectivity index (χ3v) is 4.29. The molecule has 1 heterocycles. The molecule has 1 atom stereocenters. The molecule has 2 nitrogen and oxygen atoms in total. The number of aliphatic hydroxyl groups is 1. The lowest BCUT2D eigenvalue weighted by molar-refractivity contribution is 0.164. The quantitative estimate of drug-likeness (QED) is 0.852. The normalized spacial score (nSPS) is 12.4. The van der Waals surface area contributed by atoms with Gasteiger partial charge in [0.1, 0.15) is 5.75 Å². The van der Waals surface area contributed by atoms with Gasteiger partial charge in [0.15, 0.2) is 0 Å². The number of ether oxygens (including phenoxy) is 1. The van der Waals surface area contributed by atoms with E-state index >= 15 is 0 Å². The van der Waals surface area contributed by atoms with Crippen LogP contribution in [-0.2, 0) is 6.42 Å². The molecule has 0 aliphatic rings. The molecule has 0 radical (unpaired) electrons. The summed E-state index contributed by atoms with van der Waals surface area (Å²) in [6.45, 7) is 0. The Morgan fingerprint density at radius 2 is 2.21 bits per heavy atom. The molecule has 0 aliphatic heterocycles. The smallest absolute Gasteiger partial charge is 0.137 e. The molecule has 1 N–H and O–H groups in total. The molecule has 0 spiro atoms. The van der Waals surface area contributed by atoms with Gasteiger partial charge in [0.2, 0.25) is 0 Å². The van der Waals surface area contributed by atoms with Crippen molar-refractivity contribution in [1.29, 1.82) is 0 Å². The first-order valence-electron chi connectivity index (χ1n) is 6.24. The highest BCUT2D eigenvalue weighted by Gasteiger charge is 2.10. The van der Waals surface area contributed by atoms with E-state index < -0.39 is 6.10 Å². The van der Waals surface area contributed by atoms with Crippen LogP contribution in [0.5, 0.6) is 5.75 Å². The molecule has 2 rings (SSSR count). The third kappa shape index (κ3) is 3.96. The number of benzene rings is 1. The van der Waals surface area contributed by atoms with Crippen LogP contribution in [0.15, 0.2) is 35.7 Å². The highest BCUT2D eigenvalue weighted by molar-refractivity contribution is 7.09. The van der Waals surface area contributed by atoms with Crippen LogP contribution >= 0.6 is 22.9 Å². The van der Waals surface area contributed by atoms with Crippen molar-refractivity contribution in [2.45, 2.75) is 25.4 Å². The maximum absolute atomic E-state index is 10.2. The minimum Gasteiger partial charge on any atom is -0.495 e. The SMILES string of the molecule is COc1cc(C(O)CCCc2cccs2)ccc1Cl. The zero-order valence-electron chi connectivity index (χ0n) is 10.8. The average molecular weight is 297 g/mol. The third-order valence-electron chi connectivity index (χ3n) is 3.04. The number of thiophene rings is 1. The summed E-state index contributed by atoms with van der Waals surface area (Å²) in [5, 5.41) is 12.8.